The van der Waals surface area contributed by atoms with Crippen LogP contribution in [0, 0.1) is 11.6 Å². The summed E-state index contributed by atoms with van der Waals surface area (Å²) in [5.74, 6) is -3.69. The number of rotatable bonds is 12. The molecule has 5 aromatic rings. The molecule has 0 aliphatic carbocycles. The molecule has 57 heavy (non-hydrogen) atoms. The third-order valence-electron chi connectivity index (χ3n) is 8.51. The van der Waals surface area contributed by atoms with Gasteiger partial charge in [-0.3, -0.25) is 14.2 Å². The van der Waals surface area contributed by atoms with Crippen molar-refractivity contribution in [3.8, 4) is 5.75 Å². The minimum absolute atomic E-state index is 0.0357. The Bertz CT molecular complexity index is 2700. The minimum Gasteiger partial charge on any atom is -0.421 e. The zero-order chi connectivity index (χ0) is 41.1. The van der Waals surface area contributed by atoms with Gasteiger partial charge in [0.1, 0.15) is 11.6 Å². The summed E-state index contributed by atoms with van der Waals surface area (Å²) < 4.78 is 118. The van der Waals surface area contributed by atoms with Crippen LogP contribution in [0.4, 0.5) is 25.8 Å². The third-order valence-corrected chi connectivity index (χ3v) is 13.8. The highest BCUT2D eigenvalue weighted by Gasteiger charge is 2.29. The van der Waals surface area contributed by atoms with Crippen molar-refractivity contribution in [1.82, 2.24) is 4.31 Å². The molecule has 1 aliphatic rings. The molecule has 1 saturated heterocycles. The summed E-state index contributed by atoms with van der Waals surface area (Å²) in [5, 5.41) is 1.91. The Morgan fingerprint density at radius 3 is 1.68 bits per heavy atom. The predicted octanol–water partition coefficient (Wildman–Crippen LogP) is 7.52. The molecule has 1 amide bonds. The number of carbonyl (C=O) groups excluding carboxylic acids is 2. The van der Waals surface area contributed by atoms with Gasteiger partial charge in [-0.25, -0.2) is 38.8 Å². The molecule has 5 aromatic carbocycles. The molecule has 0 aromatic heterocycles. The van der Waals surface area contributed by atoms with E-state index in [1.165, 1.54) is 34.6 Å². The Hall–Kier alpha value is -5.11. The van der Waals surface area contributed by atoms with Crippen molar-refractivity contribution in [2.45, 2.75) is 33.9 Å². The van der Waals surface area contributed by atoms with Crippen molar-refractivity contribution >= 4 is 82.2 Å². The molecule has 0 saturated carbocycles. The lowest BCUT2D eigenvalue weighted by molar-refractivity contribution is 0.0734. The lowest BCUT2D eigenvalue weighted by Gasteiger charge is -2.26. The average Bonchev–Trinajstić information content (AvgIpc) is 3.17. The van der Waals surface area contributed by atoms with Gasteiger partial charge in [0.05, 0.1) is 41.5 Å². The zero-order valence-corrected chi connectivity index (χ0v) is 33.2. The maximum Gasteiger partial charge on any atom is 0.345 e. The number of piperidine rings is 1. The molecule has 298 valence electrons. The third kappa shape index (κ3) is 9.72. The Morgan fingerprint density at radius 1 is 0.596 bits per heavy atom. The van der Waals surface area contributed by atoms with Crippen molar-refractivity contribution in [2.24, 2.45) is 0 Å². The smallest absolute Gasteiger partial charge is 0.345 e. The monoisotopic (exact) mass is 878 g/mol. The van der Waals surface area contributed by atoms with E-state index in [0.29, 0.717) is 12.8 Å². The molecule has 0 unspecified atom stereocenters. The molecule has 0 spiro atoms. The summed E-state index contributed by atoms with van der Waals surface area (Å²) in [6.45, 7) is 0.514. The summed E-state index contributed by atoms with van der Waals surface area (Å²) in [5.41, 5.74) is -0.913. The van der Waals surface area contributed by atoms with E-state index in [4.69, 9.17) is 27.9 Å². The number of hydrogen-bond acceptors (Lipinski definition) is 9. The van der Waals surface area contributed by atoms with E-state index < -0.39 is 58.5 Å². The van der Waals surface area contributed by atoms with Gasteiger partial charge in [0.15, 0.2) is 5.75 Å². The van der Waals surface area contributed by atoms with Crippen LogP contribution in [0.15, 0.2) is 118 Å². The van der Waals surface area contributed by atoms with Crippen molar-refractivity contribution in [1.29, 1.82) is 0 Å². The quantitative estimate of drug-likeness (QED) is 0.0843. The average molecular weight is 880 g/mol. The summed E-state index contributed by atoms with van der Waals surface area (Å²) in [6, 6.07) is 18.7. The molecule has 3 N–H and O–H groups in total. The summed E-state index contributed by atoms with van der Waals surface area (Å²) in [7, 11) is -12.7. The van der Waals surface area contributed by atoms with Crippen molar-refractivity contribution in [2.75, 3.05) is 27.9 Å². The van der Waals surface area contributed by atoms with Crippen LogP contribution in [0.25, 0.3) is 0 Å². The van der Waals surface area contributed by atoms with E-state index >= 15 is 0 Å². The number of hydrogen-bond donors (Lipinski definition) is 3. The Morgan fingerprint density at radius 2 is 1.12 bits per heavy atom. The molecule has 1 fully saturated rings. The number of nitrogens with zero attached hydrogens (tertiary/aromatic N) is 1. The Labute approximate surface area is 336 Å². The molecule has 6 rings (SSSR count). The first-order valence-corrected chi connectivity index (χ1v) is 21.9. The first-order valence-electron chi connectivity index (χ1n) is 16.8. The number of halogens is 4. The van der Waals surface area contributed by atoms with Gasteiger partial charge in [-0.05, 0) is 116 Å². The van der Waals surface area contributed by atoms with Gasteiger partial charge in [-0.1, -0.05) is 29.6 Å². The molecule has 1 heterocycles. The highest BCUT2D eigenvalue weighted by atomic mass is 35.5. The lowest BCUT2D eigenvalue weighted by atomic mass is 10.2. The number of esters is 1. The molecule has 1 aliphatic heterocycles. The van der Waals surface area contributed by atoms with Gasteiger partial charge in [-0.15, -0.1) is 0 Å². The SMILES string of the molecule is O=C(Nc1cc(S(=O)(=O)N2CCCCC2)ccc1OC(=O)c1ccc(S(=O)(=O)Nc2ccc(F)cc2)cc1Cl)c1cc(S(=O)(=O)Nc2ccc(F)cc2)ccc1Cl. The summed E-state index contributed by atoms with van der Waals surface area (Å²) >= 11 is 12.7. The lowest BCUT2D eigenvalue weighted by Crippen LogP contribution is -2.35. The normalized spacial score (nSPS) is 13.8. The number of benzene rings is 5. The van der Waals surface area contributed by atoms with Crippen LogP contribution in [0.2, 0.25) is 10.0 Å². The molecule has 0 radical (unpaired) electrons. The Kier molecular flexibility index (Phi) is 12.2. The number of nitrogens with one attached hydrogen (secondary N) is 3. The van der Waals surface area contributed by atoms with Crippen LogP contribution in [0.1, 0.15) is 40.0 Å². The van der Waals surface area contributed by atoms with E-state index in [1.807, 2.05) is 0 Å². The first-order chi connectivity index (χ1) is 26.9. The topological polar surface area (TPSA) is 185 Å². The van der Waals surface area contributed by atoms with E-state index in [2.05, 4.69) is 14.8 Å². The maximum atomic E-state index is 13.8. The molecule has 20 heteroatoms. The molecule has 0 atom stereocenters. The predicted molar refractivity (Wildman–Crippen MR) is 209 cm³/mol. The molecule has 0 bridgehead atoms. The fraction of sp³-hybridized carbons (Fsp3) is 0.135. The van der Waals surface area contributed by atoms with Gasteiger partial charge in [0, 0.05) is 24.5 Å². The molecular weight excluding hydrogens is 850 g/mol. The van der Waals surface area contributed by atoms with Gasteiger partial charge >= 0.3 is 5.97 Å². The van der Waals surface area contributed by atoms with E-state index in [1.54, 1.807) is 0 Å². The van der Waals surface area contributed by atoms with Gasteiger partial charge in [0.25, 0.3) is 26.0 Å². The maximum absolute atomic E-state index is 13.8. The number of ether oxygens (including phenoxy) is 1. The van der Waals surface area contributed by atoms with Gasteiger partial charge < -0.3 is 10.1 Å². The van der Waals surface area contributed by atoms with Crippen LogP contribution in [0.5, 0.6) is 5.75 Å². The van der Waals surface area contributed by atoms with Crippen LogP contribution in [-0.4, -0.2) is 54.5 Å². The van der Waals surface area contributed by atoms with E-state index in [9.17, 15) is 43.6 Å². The van der Waals surface area contributed by atoms with E-state index in [-0.39, 0.29) is 66.9 Å². The standard InChI is InChI=1S/C37H30Cl2F2N4O9S3/c38-32-16-13-27(55(48,49)43-25-8-4-23(40)5-9-25)20-31(32)36(46)42-34-22-29(57(52,53)45-18-2-1-3-19-45)14-17-35(34)54-37(47)30-15-12-28(21-33(30)39)56(50,51)44-26-10-6-24(41)7-11-26/h4-17,20-22,43-44H,1-3,18-19H2,(H,42,46). The largest absolute Gasteiger partial charge is 0.421 e. The van der Waals surface area contributed by atoms with Crippen molar-refractivity contribution < 1.29 is 48.4 Å². The number of amides is 1. The fourth-order valence-electron chi connectivity index (χ4n) is 5.59. The highest BCUT2D eigenvalue weighted by Crippen LogP contribution is 2.33. The second-order valence-electron chi connectivity index (χ2n) is 12.5. The van der Waals surface area contributed by atoms with E-state index in [0.717, 1.165) is 79.2 Å². The highest BCUT2D eigenvalue weighted by molar-refractivity contribution is 7.93. The second kappa shape index (κ2) is 16.8. The number of anilines is 3. The summed E-state index contributed by atoms with van der Waals surface area (Å²) in [6.07, 6.45) is 2.11. The molecule has 13 nitrogen and oxygen atoms in total. The van der Waals surface area contributed by atoms with Crippen molar-refractivity contribution in [3.63, 3.8) is 0 Å². The molecular formula is C37H30Cl2F2N4O9S3. The zero-order valence-electron chi connectivity index (χ0n) is 29.2. The second-order valence-corrected chi connectivity index (χ2v) is 18.6. The number of carbonyl (C=O) groups is 2. The van der Waals surface area contributed by atoms with Crippen LogP contribution < -0.4 is 19.5 Å². The first kappa shape index (κ1) is 41.5. The van der Waals surface area contributed by atoms with Crippen LogP contribution >= 0.6 is 23.2 Å². The minimum atomic E-state index is -4.33. The van der Waals surface area contributed by atoms with Gasteiger partial charge in [0.2, 0.25) is 10.0 Å². The van der Waals surface area contributed by atoms with Crippen molar-refractivity contribution in [3.05, 3.63) is 136 Å². The summed E-state index contributed by atoms with van der Waals surface area (Å²) in [4.78, 5) is 26.2. The van der Waals surface area contributed by atoms with Crippen LogP contribution in [-0.2, 0) is 30.1 Å². The van der Waals surface area contributed by atoms with Gasteiger partial charge in [-0.2, -0.15) is 4.31 Å². The van der Waals surface area contributed by atoms with Crippen LogP contribution in [0.3, 0.4) is 0 Å². The fourth-order valence-corrected chi connectivity index (χ4v) is 9.83. The Balaban J connectivity index is 1.30. The number of sulfonamides is 3.